The number of halogens is 1. The second-order valence-electron chi connectivity index (χ2n) is 6.76. The maximum absolute atomic E-state index is 14.1. The van der Waals surface area contributed by atoms with E-state index in [9.17, 15) is 9.18 Å². The van der Waals surface area contributed by atoms with Crippen molar-refractivity contribution in [3.05, 3.63) is 40.6 Å². The Kier molecular flexibility index (Phi) is 5.09. The molecule has 0 aromatic heterocycles. The van der Waals surface area contributed by atoms with Crippen molar-refractivity contribution in [3.63, 3.8) is 0 Å². The first-order valence-corrected chi connectivity index (χ1v) is 8.18. The van der Waals surface area contributed by atoms with E-state index in [-0.39, 0.29) is 5.78 Å². The zero-order valence-corrected chi connectivity index (χ0v) is 15.0. The Bertz CT molecular complexity index is 639. The van der Waals surface area contributed by atoms with E-state index in [1.165, 1.54) is 25.1 Å². The molecule has 1 fully saturated rings. The second kappa shape index (κ2) is 6.42. The number of Topliss-reactive ketones (excluding diaryl/α,β-unsaturated/α-hetero) is 1. The molecule has 0 bridgehead atoms. The van der Waals surface area contributed by atoms with Crippen molar-refractivity contribution in [2.24, 2.45) is 0 Å². The Hall–Kier alpha value is -1.11. The van der Waals surface area contributed by atoms with Gasteiger partial charge in [-0.25, -0.2) is 4.39 Å². The molecule has 124 valence electrons. The smallest absolute Gasteiger partial charge is 0.400 e. The maximum atomic E-state index is 14.1. The third-order valence-corrected chi connectivity index (χ3v) is 4.85. The summed E-state index contributed by atoms with van der Waals surface area (Å²) < 4.78 is 26.0. The minimum atomic E-state index is -0.585. The van der Waals surface area contributed by atoms with Gasteiger partial charge in [0.1, 0.15) is 5.82 Å². The lowest BCUT2D eigenvalue weighted by atomic mass is 9.78. The summed E-state index contributed by atoms with van der Waals surface area (Å²) in [5.74, 6) is -0.144. The molecule has 23 heavy (non-hydrogen) atoms. The van der Waals surface area contributed by atoms with Crippen LogP contribution in [0.5, 0.6) is 0 Å². The average molecular weight is 336 g/mol. The van der Waals surface area contributed by atoms with Crippen molar-refractivity contribution in [1.29, 1.82) is 0 Å². The van der Waals surface area contributed by atoms with E-state index in [0.717, 1.165) is 0 Å². The van der Waals surface area contributed by atoms with Crippen molar-refractivity contribution in [3.8, 4) is 0 Å². The van der Waals surface area contributed by atoms with Crippen LogP contribution >= 0.6 is 12.6 Å². The molecule has 0 atom stereocenters. The van der Waals surface area contributed by atoms with Crippen LogP contribution in [0, 0.1) is 5.82 Å². The van der Waals surface area contributed by atoms with Gasteiger partial charge in [0.05, 0.1) is 11.2 Å². The molecule has 1 aromatic rings. The molecule has 0 saturated carbocycles. The third-order valence-electron chi connectivity index (χ3n) is 4.48. The van der Waals surface area contributed by atoms with Gasteiger partial charge in [0, 0.05) is 16.9 Å². The van der Waals surface area contributed by atoms with Crippen molar-refractivity contribution in [1.82, 2.24) is 0 Å². The summed E-state index contributed by atoms with van der Waals surface area (Å²) in [6.07, 6.45) is 1.65. The van der Waals surface area contributed by atoms with E-state index in [1.54, 1.807) is 6.08 Å². The summed E-state index contributed by atoms with van der Waals surface area (Å²) in [5, 5.41) is 0. The molecule has 0 unspecified atom stereocenters. The van der Waals surface area contributed by atoms with Crippen LogP contribution in [0.1, 0.15) is 50.5 Å². The van der Waals surface area contributed by atoms with Crippen LogP contribution in [0.25, 0.3) is 6.08 Å². The third kappa shape index (κ3) is 3.70. The van der Waals surface area contributed by atoms with Crippen LogP contribution in [0.15, 0.2) is 23.7 Å². The van der Waals surface area contributed by atoms with Gasteiger partial charge in [-0.05, 0) is 58.3 Å². The average Bonchev–Trinajstić information content (AvgIpc) is 2.66. The molecule has 1 aromatic carbocycles. The fraction of sp³-hybridized carbons (Fsp3) is 0.471. The van der Waals surface area contributed by atoms with Crippen molar-refractivity contribution < 1.29 is 18.5 Å². The zero-order chi connectivity index (χ0) is 17.4. The number of hydrogen-bond donors (Lipinski definition) is 1. The molecule has 1 aliphatic heterocycles. The molecular weight excluding hydrogens is 314 g/mol. The first-order valence-electron chi connectivity index (χ1n) is 7.55. The van der Waals surface area contributed by atoms with Crippen molar-refractivity contribution >= 4 is 31.6 Å². The number of carbonyl (C=O) groups is 1. The second-order valence-corrected chi connectivity index (χ2v) is 7.07. The number of ketones is 1. The summed E-state index contributed by atoms with van der Waals surface area (Å²) in [4.78, 5) is 11.5. The zero-order valence-electron chi connectivity index (χ0n) is 14.1. The number of rotatable bonds is 4. The van der Waals surface area contributed by atoms with Gasteiger partial charge in [0.15, 0.2) is 5.78 Å². The van der Waals surface area contributed by atoms with Gasteiger partial charge in [0.25, 0.3) is 0 Å². The lowest BCUT2D eigenvalue weighted by molar-refractivity contribution is 0.00578. The molecule has 3 nitrogen and oxygen atoms in total. The van der Waals surface area contributed by atoms with Crippen molar-refractivity contribution in [2.75, 3.05) is 5.75 Å². The summed E-state index contributed by atoms with van der Waals surface area (Å²) in [6, 6.07) is 4.31. The number of hydrogen-bond acceptors (Lipinski definition) is 4. The minimum Gasteiger partial charge on any atom is -0.400 e. The van der Waals surface area contributed by atoms with Gasteiger partial charge in [-0.3, -0.25) is 4.79 Å². The molecule has 0 N–H and O–H groups in total. The molecule has 1 saturated heterocycles. The standard InChI is InChI=1S/C17H22BFO3S/c1-11(20)12-6-7-15(19)13(8-12)9-14(10-23)18-21-16(2,3)17(4,5)22-18/h6-9,23H,10H2,1-5H3. The summed E-state index contributed by atoms with van der Waals surface area (Å²) in [7, 11) is -0.585. The van der Waals surface area contributed by atoms with E-state index >= 15 is 0 Å². The van der Waals surface area contributed by atoms with Crippen LogP contribution < -0.4 is 0 Å². The van der Waals surface area contributed by atoms with Crippen molar-refractivity contribution in [2.45, 2.75) is 45.8 Å². The Morgan fingerprint density at radius 2 is 1.83 bits per heavy atom. The van der Waals surface area contributed by atoms with Crippen LogP contribution in [-0.2, 0) is 9.31 Å². The van der Waals surface area contributed by atoms with Gasteiger partial charge < -0.3 is 9.31 Å². The largest absolute Gasteiger partial charge is 0.491 e. The van der Waals surface area contributed by atoms with Crippen LogP contribution in [-0.4, -0.2) is 29.9 Å². The molecule has 2 rings (SSSR count). The Morgan fingerprint density at radius 1 is 1.26 bits per heavy atom. The lowest BCUT2D eigenvalue weighted by Crippen LogP contribution is -2.41. The van der Waals surface area contributed by atoms with Gasteiger partial charge in [0.2, 0.25) is 0 Å². The molecule has 0 spiro atoms. The lowest BCUT2D eigenvalue weighted by Gasteiger charge is -2.32. The van der Waals surface area contributed by atoms with E-state index in [4.69, 9.17) is 9.31 Å². The summed E-state index contributed by atoms with van der Waals surface area (Å²) in [5.41, 5.74) is 0.562. The molecular formula is C17H22BFO3S. The van der Waals surface area contributed by atoms with E-state index < -0.39 is 24.1 Å². The normalized spacial score (nSPS) is 20.0. The monoisotopic (exact) mass is 336 g/mol. The molecule has 1 aliphatic rings. The highest BCUT2D eigenvalue weighted by Crippen LogP contribution is 2.39. The van der Waals surface area contributed by atoms with Gasteiger partial charge in [-0.15, -0.1) is 0 Å². The maximum Gasteiger partial charge on any atom is 0.491 e. The van der Waals surface area contributed by atoms with Gasteiger partial charge >= 0.3 is 7.12 Å². The predicted octanol–water partition coefficient (Wildman–Crippen LogP) is 3.97. The van der Waals surface area contributed by atoms with Gasteiger partial charge in [-0.2, -0.15) is 12.6 Å². The summed E-state index contributed by atoms with van der Waals surface area (Å²) in [6.45, 7) is 9.29. The fourth-order valence-corrected chi connectivity index (χ4v) is 2.50. The topological polar surface area (TPSA) is 35.5 Å². The number of carbonyl (C=O) groups excluding carboxylic acids is 1. The minimum absolute atomic E-state index is 0.109. The summed E-state index contributed by atoms with van der Waals surface area (Å²) >= 11 is 4.32. The van der Waals surface area contributed by atoms with Crippen LogP contribution in [0.4, 0.5) is 4.39 Å². The molecule has 6 heteroatoms. The quantitative estimate of drug-likeness (QED) is 0.513. The molecule has 0 aliphatic carbocycles. The number of thiol groups is 1. The van der Waals surface area contributed by atoms with Crippen LogP contribution in [0.3, 0.4) is 0 Å². The highest BCUT2D eigenvalue weighted by Gasteiger charge is 2.52. The highest BCUT2D eigenvalue weighted by molar-refractivity contribution is 7.80. The Labute approximate surface area is 142 Å². The van der Waals surface area contributed by atoms with Gasteiger partial charge in [-0.1, -0.05) is 6.08 Å². The molecule has 0 radical (unpaired) electrons. The Balaban J connectivity index is 2.37. The first kappa shape index (κ1) is 18.2. The van der Waals surface area contributed by atoms with Crippen LogP contribution in [0.2, 0.25) is 0 Å². The SMILES string of the molecule is CC(=O)c1ccc(F)c(C=C(CS)B2OC(C)(C)C(C)(C)O2)c1. The van der Waals surface area contributed by atoms with E-state index in [2.05, 4.69) is 12.6 Å². The van der Waals surface area contributed by atoms with E-state index in [0.29, 0.717) is 22.4 Å². The number of benzene rings is 1. The Morgan fingerprint density at radius 3 is 2.30 bits per heavy atom. The van der Waals surface area contributed by atoms with E-state index in [1.807, 2.05) is 27.7 Å². The first-order chi connectivity index (χ1) is 10.6. The highest BCUT2D eigenvalue weighted by atomic mass is 32.1. The fourth-order valence-electron chi connectivity index (χ4n) is 2.26. The molecule has 1 heterocycles. The molecule has 0 amide bonds. The predicted molar refractivity (Wildman–Crippen MR) is 94.3 cm³/mol.